The molecule has 3 nitrogen and oxygen atoms in total. The molecule has 1 saturated carbocycles. The van der Waals surface area contributed by atoms with Gasteiger partial charge in [0.25, 0.3) is 0 Å². The third-order valence-electron chi connectivity index (χ3n) is 3.98. The van der Waals surface area contributed by atoms with Crippen molar-refractivity contribution in [3.63, 3.8) is 0 Å². The first-order chi connectivity index (χ1) is 10.0. The van der Waals surface area contributed by atoms with Crippen LogP contribution in [0.1, 0.15) is 45.2 Å². The highest BCUT2D eigenvalue weighted by molar-refractivity contribution is 5.20. The van der Waals surface area contributed by atoms with E-state index in [1.54, 1.807) is 7.11 Å². The number of nitrogens with zero attached hydrogens (tertiary/aromatic N) is 1. The molecular formula is C18H30N2O. The van der Waals surface area contributed by atoms with Gasteiger partial charge in [-0.2, -0.15) is 0 Å². The molecule has 0 saturated heterocycles. The molecular weight excluding hydrogens is 260 g/mol. The monoisotopic (exact) mass is 290 g/mol. The van der Waals surface area contributed by atoms with E-state index in [1.165, 1.54) is 18.4 Å². The number of hydrogen-bond donors (Lipinski definition) is 1. The van der Waals surface area contributed by atoms with Crippen LogP contribution in [0.25, 0.3) is 0 Å². The average molecular weight is 290 g/mol. The molecule has 1 unspecified atom stereocenters. The Kier molecular flexibility index (Phi) is 5.80. The van der Waals surface area contributed by atoms with Gasteiger partial charge >= 0.3 is 0 Å². The van der Waals surface area contributed by atoms with Gasteiger partial charge in [-0.25, -0.2) is 0 Å². The molecule has 1 atom stereocenters. The van der Waals surface area contributed by atoms with Crippen molar-refractivity contribution in [3.8, 4) is 0 Å². The number of hydrogen-bond acceptors (Lipinski definition) is 3. The topological polar surface area (TPSA) is 24.5 Å². The average Bonchev–Trinajstić information content (AvgIpc) is 3.27. The summed E-state index contributed by atoms with van der Waals surface area (Å²) in [5.74, 6) is 0. The lowest BCUT2D eigenvalue weighted by Crippen LogP contribution is -2.44. The molecule has 2 rings (SSSR count). The van der Waals surface area contributed by atoms with Crippen LogP contribution < -0.4 is 5.32 Å². The second kappa shape index (κ2) is 7.39. The minimum atomic E-state index is 0.142. The van der Waals surface area contributed by atoms with Crippen LogP contribution in [0.2, 0.25) is 0 Å². The Labute approximate surface area is 129 Å². The molecule has 0 radical (unpaired) electrons. The summed E-state index contributed by atoms with van der Waals surface area (Å²) in [5.41, 5.74) is 1.54. The Bertz CT molecular complexity index is 409. The maximum Gasteiger partial charge on any atom is 0.0590 e. The highest BCUT2D eigenvalue weighted by Crippen LogP contribution is 2.34. The van der Waals surface area contributed by atoms with E-state index >= 15 is 0 Å². The summed E-state index contributed by atoms with van der Waals surface area (Å²) >= 11 is 0. The van der Waals surface area contributed by atoms with Gasteiger partial charge in [-0.3, -0.25) is 4.90 Å². The molecule has 1 fully saturated rings. The highest BCUT2D eigenvalue weighted by Gasteiger charge is 2.34. The summed E-state index contributed by atoms with van der Waals surface area (Å²) < 4.78 is 5.32. The fourth-order valence-electron chi connectivity index (χ4n) is 2.70. The zero-order chi connectivity index (χ0) is 15.3. The molecule has 118 valence electrons. The molecule has 1 aromatic carbocycles. The van der Waals surface area contributed by atoms with E-state index < -0.39 is 0 Å². The lowest BCUT2D eigenvalue weighted by molar-refractivity contribution is 0.109. The zero-order valence-electron chi connectivity index (χ0n) is 13.9. The van der Waals surface area contributed by atoms with E-state index in [9.17, 15) is 0 Å². The molecule has 0 heterocycles. The maximum atomic E-state index is 5.32. The van der Waals surface area contributed by atoms with Gasteiger partial charge in [0.15, 0.2) is 0 Å². The summed E-state index contributed by atoms with van der Waals surface area (Å²) in [6, 6.07) is 12.0. The second-order valence-corrected chi connectivity index (χ2v) is 7.02. The smallest absolute Gasteiger partial charge is 0.0590 e. The molecule has 21 heavy (non-hydrogen) atoms. The fraction of sp³-hybridized carbons (Fsp3) is 0.667. The molecule has 0 amide bonds. The van der Waals surface area contributed by atoms with Crippen LogP contribution in [0.5, 0.6) is 0 Å². The Morgan fingerprint density at radius 1 is 1.24 bits per heavy atom. The van der Waals surface area contributed by atoms with Crippen molar-refractivity contribution in [2.45, 2.75) is 51.2 Å². The summed E-state index contributed by atoms with van der Waals surface area (Å²) in [5, 5.41) is 3.68. The summed E-state index contributed by atoms with van der Waals surface area (Å²) in [4.78, 5) is 2.62. The van der Waals surface area contributed by atoms with Crippen LogP contribution in [0.15, 0.2) is 30.3 Å². The molecule has 1 aliphatic carbocycles. The van der Waals surface area contributed by atoms with E-state index in [-0.39, 0.29) is 5.54 Å². The molecule has 0 spiro atoms. The first kappa shape index (κ1) is 16.5. The Hall–Kier alpha value is -0.900. The fourth-order valence-corrected chi connectivity index (χ4v) is 2.70. The molecule has 0 aliphatic heterocycles. The van der Waals surface area contributed by atoms with Crippen LogP contribution >= 0.6 is 0 Å². The number of nitrogens with one attached hydrogen (secondary N) is 1. The van der Waals surface area contributed by atoms with Crippen molar-refractivity contribution in [2.24, 2.45) is 0 Å². The van der Waals surface area contributed by atoms with Crippen molar-refractivity contribution in [2.75, 3.05) is 26.8 Å². The van der Waals surface area contributed by atoms with E-state index in [4.69, 9.17) is 4.74 Å². The third kappa shape index (κ3) is 5.42. The van der Waals surface area contributed by atoms with Crippen molar-refractivity contribution >= 4 is 0 Å². The van der Waals surface area contributed by atoms with Crippen LogP contribution in [-0.4, -0.2) is 43.3 Å². The van der Waals surface area contributed by atoms with E-state index in [0.717, 1.165) is 25.7 Å². The van der Waals surface area contributed by atoms with E-state index in [1.807, 2.05) is 0 Å². The van der Waals surface area contributed by atoms with Crippen LogP contribution in [0.3, 0.4) is 0 Å². The van der Waals surface area contributed by atoms with E-state index in [2.05, 4.69) is 61.3 Å². The SMILES string of the molecule is COCCN(C1CC1)C(CNC(C)(C)C)c1ccccc1. The lowest BCUT2D eigenvalue weighted by atomic mass is 10.0. The van der Waals surface area contributed by atoms with Gasteiger partial charge in [0.1, 0.15) is 0 Å². The minimum absolute atomic E-state index is 0.142. The van der Waals surface area contributed by atoms with Crippen molar-refractivity contribution in [1.82, 2.24) is 10.2 Å². The largest absolute Gasteiger partial charge is 0.383 e. The quantitative estimate of drug-likeness (QED) is 0.795. The number of ether oxygens (including phenoxy) is 1. The molecule has 1 N–H and O–H groups in total. The van der Waals surface area contributed by atoms with Crippen LogP contribution in [0, 0.1) is 0 Å². The highest BCUT2D eigenvalue weighted by atomic mass is 16.5. The normalized spacial score (nSPS) is 17.2. The third-order valence-corrected chi connectivity index (χ3v) is 3.98. The number of methoxy groups -OCH3 is 1. The van der Waals surface area contributed by atoms with Gasteiger partial charge in [-0.05, 0) is 39.2 Å². The maximum absolute atomic E-state index is 5.32. The predicted molar refractivity (Wildman–Crippen MR) is 88.5 cm³/mol. The van der Waals surface area contributed by atoms with Gasteiger partial charge in [-0.15, -0.1) is 0 Å². The standard InChI is InChI=1S/C18H30N2O/c1-18(2,3)19-14-17(15-8-6-5-7-9-15)20(12-13-21-4)16-10-11-16/h5-9,16-17,19H,10-14H2,1-4H3. The zero-order valence-corrected chi connectivity index (χ0v) is 13.9. The Morgan fingerprint density at radius 3 is 2.43 bits per heavy atom. The molecule has 1 aliphatic rings. The first-order valence-electron chi connectivity index (χ1n) is 8.06. The lowest BCUT2D eigenvalue weighted by Gasteiger charge is -2.34. The van der Waals surface area contributed by atoms with Gasteiger partial charge in [0.05, 0.1) is 6.61 Å². The van der Waals surface area contributed by atoms with E-state index in [0.29, 0.717) is 6.04 Å². The van der Waals surface area contributed by atoms with Gasteiger partial charge in [0, 0.05) is 37.8 Å². The predicted octanol–water partition coefficient (Wildman–Crippen LogP) is 3.23. The minimum Gasteiger partial charge on any atom is -0.383 e. The summed E-state index contributed by atoms with van der Waals surface area (Å²) in [6.45, 7) is 9.47. The van der Waals surface area contributed by atoms with Crippen LogP contribution in [0.4, 0.5) is 0 Å². The van der Waals surface area contributed by atoms with Crippen molar-refractivity contribution < 1.29 is 4.74 Å². The Balaban J connectivity index is 2.13. The molecule has 1 aromatic rings. The van der Waals surface area contributed by atoms with Crippen molar-refractivity contribution in [3.05, 3.63) is 35.9 Å². The summed E-state index contributed by atoms with van der Waals surface area (Å²) in [7, 11) is 1.79. The van der Waals surface area contributed by atoms with Gasteiger partial charge in [0.2, 0.25) is 0 Å². The van der Waals surface area contributed by atoms with Gasteiger partial charge in [-0.1, -0.05) is 30.3 Å². The molecule has 0 bridgehead atoms. The van der Waals surface area contributed by atoms with Gasteiger partial charge < -0.3 is 10.1 Å². The first-order valence-corrected chi connectivity index (χ1v) is 8.06. The van der Waals surface area contributed by atoms with Crippen LogP contribution in [-0.2, 0) is 4.74 Å². The molecule has 0 aromatic heterocycles. The second-order valence-electron chi connectivity index (χ2n) is 7.02. The summed E-state index contributed by atoms with van der Waals surface area (Å²) in [6.07, 6.45) is 2.64. The number of rotatable bonds is 8. The molecule has 3 heteroatoms. The number of benzene rings is 1. The Morgan fingerprint density at radius 2 is 1.90 bits per heavy atom. The van der Waals surface area contributed by atoms with Crippen molar-refractivity contribution in [1.29, 1.82) is 0 Å².